The molecule has 3 aromatic rings. The minimum atomic E-state index is -0.0379. The minimum absolute atomic E-state index is 0.00935. The number of benzene rings is 1. The van der Waals surface area contributed by atoms with Gasteiger partial charge in [-0.1, -0.05) is 18.2 Å². The summed E-state index contributed by atoms with van der Waals surface area (Å²) >= 11 is 1.60. The predicted octanol–water partition coefficient (Wildman–Crippen LogP) is 3.33. The van der Waals surface area contributed by atoms with Gasteiger partial charge < -0.3 is 4.90 Å². The SMILES string of the molecule is O=C(/C=C/c1cccs1)N1CCC[C@@H](n2cnc3ccccc3c2=O)C1. The van der Waals surface area contributed by atoms with E-state index in [-0.39, 0.29) is 17.5 Å². The monoisotopic (exact) mass is 365 g/mol. The molecular formula is C20H19N3O2S. The number of aromatic nitrogens is 2. The fraction of sp³-hybridized carbons (Fsp3) is 0.250. The zero-order valence-corrected chi connectivity index (χ0v) is 15.1. The molecule has 0 aliphatic carbocycles. The summed E-state index contributed by atoms with van der Waals surface area (Å²) in [6.07, 6.45) is 6.83. The van der Waals surface area contributed by atoms with Gasteiger partial charge in [-0.2, -0.15) is 0 Å². The Labute approximate surface area is 155 Å². The van der Waals surface area contributed by atoms with Gasteiger partial charge in [-0.05, 0) is 42.5 Å². The first kappa shape index (κ1) is 16.7. The van der Waals surface area contributed by atoms with E-state index in [1.807, 2.05) is 46.7 Å². The van der Waals surface area contributed by atoms with E-state index in [9.17, 15) is 9.59 Å². The Hall–Kier alpha value is -2.73. The second kappa shape index (κ2) is 7.25. The lowest BCUT2D eigenvalue weighted by atomic mass is 10.0. The van der Waals surface area contributed by atoms with Crippen LogP contribution in [0, 0.1) is 0 Å². The average molecular weight is 365 g/mol. The molecule has 2 aromatic heterocycles. The maximum absolute atomic E-state index is 12.8. The van der Waals surface area contributed by atoms with Gasteiger partial charge in [0.25, 0.3) is 5.56 Å². The first-order chi connectivity index (χ1) is 12.7. The van der Waals surface area contributed by atoms with Crippen molar-refractivity contribution in [3.63, 3.8) is 0 Å². The van der Waals surface area contributed by atoms with E-state index in [2.05, 4.69) is 4.98 Å². The molecule has 3 heterocycles. The van der Waals surface area contributed by atoms with E-state index in [1.54, 1.807) is 34.4 Å². The summed E-state index contributed by atoms with van der Waals surface area (Å²) in [4.78, 5) is 32.6. The number of fused-ring (bicyclic) bond motifs is 1. The highest BCUT2D eigenvalue weighted by Crippen LogP contribution is 2.21. The Kier molecular flexibility index (Phi) is 4.67. The van der Waals surface area contributed by atoms with E-state index < -0.39 is 0 Å². The molecule has 0 N–H and O–H groups in total. The van der Waals surface area contributed by atoms with Crippen molar-refractivity contribution in [2.45, 2.75) is 18.9 Å². The third-order valence-electron chi connectivity index (χ3n) is 4.73. The van der Waals surface area contributed by atoms with Gasteiger partial charge in [-0.15, -0.1) is 11.3 Å². The molecule has 26 heavy (non-hydrogen) atoms. The molecule has 132 valence electrons. The van der Waals surface area contributed by atoms with Crippen LogP contribution in [0.2, 0.25) is 0 Å². The number of thiophene rings is 1. The van der Waals surface area contributed by atoms with Gasteiger partial charge in [0, 0.05) is 24.0 Å². The number of likely N-dealkylation sites (tertiary alicyclic amines) is 1. The van der Waals surface area contributed by atoms with Crippen LogP contribution in [0.5, 0.6) is 0 Å². The number of rotatable bonds is 3. The molecular weight excluding hydrogens is 346 g/mol. The quantitative estimate of drug-likeness (QED) is 0.669. The Morgan fingerprint density at radius 1 is 1.23 bits per heavy atom. The number of piperidine rings is 1. The highest BCUT2D eigenvalue weighted by Gasteiger charge is 2.24. The molecule has 0 spiro atoms. The van der Waals surface area contributed by atoms with E-state index in [1.165, 1.54) is 0 Å². The van der Waals surface area contributed by atoms with Gasteiger partial charge in [0.2, 0.25) is 5.91 Å². The van der Waals surface area contributed by atoms with Crippen LogP contribution in [0.3, 0.4) is 0 Å². The maximum atomic E-state index is 12.8. The topological polar surface area (TPSA) is 55.2 Å². The number of nitrogens with zero attached hydrogens (tertiary/aromatic N) is 3. The Morgan fingerprint density at radius 2 is 2.12 bits per heavy atom. The zero-order valence-electron chi connectivity index (χ0n) is 14.2. The van der Waals surface area contributed by atoms with Gasteiger partial charge in [-0.25, -0.2) is 4.98 Å². The number of carbonyl (C=O) groups excluding carboxylic acids is 1. The van der Waals surface area contributed by atoms with Crippen molar-refractivity contribution >= 4 is 34.2 Å². The lowest BCUT2D eigenvalue weighted by Gasteiger charge is -2.33. The van der Waals surface area contributed by atoms with Crippen LogP contribution in [0.4, 0.5) is 0 Å². The molecule has 1 aliphatic rings. The summed E-state index contributed by atoms with van der Waals surface area (Å²) in [6.45, 7) is 1.26. The molecule has 0 saturated carbocycles. The lowest BCUT2D eigenvalue weighted by Crippen LogP contribution is -2.42. The molecule has 0 radical (unpaired) electrons. The average Bonchev–Trinajstić information content (AvgIpc) is 3.20. The van der Waals surface area contributed by atoms with Crippen molar-refractivity contribution in [1.29, 1.82) is 0 Å². The second-order valence-electron chi connectivity index (χ2n) is 6.40. The number of carbonyl (C=O) groups is 1. The second-order valence-corrected chi connectivity index (χ2v) is 7.38. The first-order valence-corrected chi connectivity index (χ1v) is 9.57. The smallest absolute Gasteiger partial charge is 0.261 e. The third kappa shape index (κ3) is 3.32. The van der Waals surface area contributed by atoms with Crippen molar-refractivity contribution < 1.29 is 4.79 Å². The molecule has 1 fully saturated rings. The summed E-state index contributed by atoms with van der Waals surface area (Å²) in [5, 5.41) is 2.61. The van der Waals surface area contributed by atoms with Gasteiger partial charge in [0.1, 0.15) is 0 Å². The highest BCUT2D eigenvalue weighted by molar-refractivity contribution is 7.10. The molecule has 1 amide bonds. The Balaban J connectivity index is 1.54. The van der Waals surface area contributed by atoms with Gasteiger partial charge in [0.15, 0.2) is 0 Å². The fourth-order valence-electron chi connectivity index (χ4n) is 3.37. The number of hydrogen-bond acceptors (Lipinski definition) is 4. The van der Waals surface area contributed by atoms with Crippen LogP contribution in [-0.2, 0) is 4.79 Å². The standard InChI is InChI=1S/C20H19N3O2S/c24-19(10-9-16-6-4-12-26-16)22-11-3-5-15(13-22)23-14-21-18-8-2-1-7-17(18)20(23)25/h1-2,4,6-10,12,14-15H,3,5,11,13H2/b10-9+/t15-/m1/s1. The number of hydrogen-bond donors (Lipinski definition) is 0. The van der Waals surface area contributed by atoms with Crippen LogP contribution in [0.25, 0.3) is 17.0 Å². The number of para-hydroxylation sites is 1. The summed E-state index contributed by atoms with van der Waals surface area (Å²) in [7, 11) is 0. The van der Waals surface area contributed by atoms with Crippen molar-refractivity contribution in [1.82, 2.24) is 14.5 Å². The van der Waals surface area contributed by atoms with Crippen LogP contribution < -0.4 is 5.56 Å². The van der Waals surface area contributed by atoms with E-state index in [0.717, 1.165) is 24.3 Å². The van der Waals surface area contributed by atoms with E-state index in [0.29, 0.717) is 17.4 Å². The molecule has 1 saturated heterocycles. The third-order valence-corrected chi connectivity index (χ3v) is 5.56. The van der Waals surface area contributed by atoms with Crippen molar-refractivity contribution in [2.24, 2.45) is 0 Å². The van der Waals surface area contributed by atoms with Crippen LogP contribution >= 0.6 is 11.3 Å². The zero-order chi connectivity index (χ0) is 17.9. The lowest BCUT2D eigenvalue weighted by molar-refractivity contribution is -0.127. The predicted molar refractivity (Wildman–Crippen MR) is 104 cm³/mol. The molecule has 1 atom stereocenters. The Bertz CT molecular complexity index is 1010. The Morgan fingerprint density at radius 3 is 2.96 bits per heavy atom. The van der Waals surface area contributed by atoms with Crippen LogP contribution in [-0.4, -0.2) is 33.4 Å². The van der Waals surface area contributed by atoms with Crippen molar-refractivity contribution in [3.05, 3.63) is 69.4 Å². The van der Waals surface area contributed by atoms with E-state index >= 15 is 0 Å². The molecule has 6 heteroatoms. The summed E-state index contributed by atoms with van der Waals surface area (Å²) in [5.74, 6) is -0.00935. The summed E-state index contributed by atoms with van der Waals surface area (Å²) in [5.41, 5.74) is 0.667. The first-order valence-electron chi connectivity index (χ1n) is 8.69. The largest absolute Gasteiger partial charge is 0.337 e. The van der Waals surface area contributed by atoms with Gasteiger partial charge in [-0.3, -0.25) is 14.2 Å². The van der Waals surface area contributed by atoms with Crippen molar-refractivity contribution in [3.8, 4) is 0 Å². The summed E-state index contributed by atoms with van der Waals surface area (Å²) in [6, 6.07) is 11.3. The van der Waals surface area contributed by atoms with Crippen molar-refractivity contribution in [2.75, 3.05) is 13.1 Å². The van der Waals surface area contributed by atoms with Gasteiger partial charge in [0.05, 0.1) is 23.3 Å². The maximum Gasteiger partial charge on any atom is 0.261 e. The molecule has 5 nitrogen and oxygen atoms in total. The summed E-state index contributed by atoms with van der Waals surface area (Å²) < 4.78 is 1.69. The van der Waals surface area contributed by atoms with Crippen LogP contribution in [0.1, 0.15) is 23.8 Å². The highest BCUT2D eigenvalue weighted by atomic mass is 32.1. The van der Waals surface area contributed by atoms with E-state index in [4.69, 9.17) is 0 Å². The molecule has 0 bridgehead atoms. The molecule has 0 unspecified atom stereocenters. The molecule has 1 aromatic carbocycles. The minimum Gasteiger partial charge on any atom is -0.337 e. The van der Waals surface area contributed by atoms with Crippen LogP contribution in [0.15, 0.2) is 59.0 Å². The normalized spacial score (nSPS) is 17.8. The molecule has 4 rings (SSSR count). The molecule has 1 aliphatic heterocycles. The van der Waals surface area contributed by atoms with Gasteiger partial charge >= 0.3 is 0 Å². The fourth-order valence-corrected chi connectivity index (χ4v) is 3.99. The number of amides is 1.